The Morgan fingerprint density at radius 3 is 2.53 bits per heavy atom. The van der Waals surface area contributed by atoms with E-state index in [0.29, 0.717) is 24.8 Å². The zero-order valence-electron chi connectivity index (χ0n) is 11.4. The molecule has 0 spiro atoms. The fourth-order valence-corrected chi connectivity index (χ4v) is 2.74. The van der Waals surface area contributed by atoms with Crippen molar-refractivity contribution < 1.29 is 4.79 Å². The second kappa shape index (κ2) is 7.70. The second-order valence-corrected chi connectivity index (χ2v) is 5.89. The van der Waals surface area contributed by atoms with Gasteiger partial charge in [-0.15, -0.1) is 0 Å². The molecule has 0 saturated heterocycles. The summed E-state index contributed by atoms with van der Waals surface area (Å²) in [6.45, 7) is 5.85. The monoisotopic (exact) mass is 240 g/mol. The largest absolute Gasteiger partial charge is 0.356 e. The summed E-state index contributed by atoms with van der Waals surface area (Å²) >= 11 is 0. The van der Waals surface area contributed by atoms with Crippen LogP contribution in [0.1, 0.15) is 52.4 Å². The molecule has 1 amide bonds. The van der Waals surface area contributed by atoms with Crippen molar-refractivity contribution in [3.8, 4) is 0 Å². The molecule has 1 aliphatic carbocycles. The average molecular weight is 240 g/mol. The molecule has 0 bridgehead atoms. The molecule has 3 heteroatoms. The van der Waals surface area contributed by atoms with Crippen molar-refractivity contribution in [2.75, 3.05) is 13.1 Å². The highest BCUT2D eigenvalue weighted by atomic mass is 16.1. The number of amides is 1. The third kappa shape index (κ3) is 6.06. The normalized spacial score (nSPS) is 18.6. The van der Waals surface area contributed by atoms with Gasteiger partial charge in [-0.25, -0.2) is 0 Å². The first-order valence-corrected chi connectivity index (χ1v) is 7.08. The molecule has 100 valence electrons. The molecule has 1 saturated carbocycles. The van der Waals surface area contributed by atoms with Gasteiger partial charge >= 0.3 is 0 Å². The van der Waals surface area contributed by atoms with Crippen molar-refractivity contribution in [3.63, 3.8) is 0 Å². The van der Waals surface area contributed by atoms with Gasteiger partial charge in [0.15, 0.2) is 0 Å². The molecular formula is C14H28N2O. The minimum atomic E-state index is 0.188. The number of hydrogen-bond donors (Lipinski definition) is 2. The summed E-state index contributed by atoms with van der Waals surface area (Å²) in [4.78, 5) is 11.8. The van der Waals surface area contributed by atoms with Gasteiger partial charge in [0.2, 0.25) is 5.91 Å². The molecule has 1 fully saturated rings. The summed E-state index contributed by atoms with van der Waals surface area (Å²) in [5.74, 6) is 1.87. The first-order chi connectivity index (χ1) is 8.11. The van der Waals surface area contributed by atoms with Gasteiger partial charge in [-0.1, -0.05) is 26.7 Å². The lowest BCUT2D eigenvalue weighted by Crippen LogP contribution is -2.31. The predicted octanol–water partition coefficient (Wildman–Crippen LogP) is 2.30. The van der Waals surface area contributed by atoms with Gasteiger partial charge in [0.25, 0.3) is 0 Å². The van der Waals surface area contributed by atoms with Crippen LogP contribution in [0.15, 0.2) is 0 Å². The first kappa shape index (κ1) is 14.5. The lowest BCUT2D eigenvalue weighted by Gasteiger charge is -2.17. The van der Waals surface area contributed by atoms with E-state index in [9.17, 15) is 4.79 Å². The van der Waals surface area contributed by atoms with Gasteiger partial charge in [0.1, 0.15) is 0 Å². The van der Waals surface area contributed by atoms with Crippen LogP contribution < -0.4 is 11.1 Å². The summed E-state index contributed by atoms with van der Waals surface area (Å²) < 4.78 is 0. The summed E-state index contributed by atoms with van der Waals surface area (Å²) in [5, 5.41) is 3.07. The van der Waals surface area contributed by atoms with E-state index in [2.05, 4.69) is 19.2 Å². The standard InChI is InChI=1S/C14H28N2O/c1-11(2)7-13(9-15)8-14(17)16-10-12-5-3-4-6-12/h11-13H,3-10,15H2,1-2H3,(H,16,17)/t13-/m0/s1. The van der Waals surface area contributed by atoms with Crippen LogP contribution in [0.3, 0.4) is 0 Å². The Kier molecular flexibility index (Phi) is 6.56. The fourth-order valence-electron chi connectivity index (χ4n) is 2.74. The van der Waals surface area contributed by atoms with Gasteiger partial charge in [-0.3, -0.25) is 4.79 Å². The van der Waals surface area contributed by atoms with E-state index in [1.54, 1.807) is 0 Å². The maximum absolute atomic E-state index is 11.8. The number of carbonyl (C=O) groups excluding carboxylic acids is 1. The van der Waals surface area contributed by atoms with Crippen molar-refractivity contribution in [1.82, 2.24) is 5.32 Å². The molecule has 1 aliphatic rings. The Morgan fingerprint density at radius 2 is 2.00 bits per heavy atom. The van der Waals surface area contributed by atoms with Crippen molar-refractivity contribution in [1.29, 1.82) is 0 Å². The Balaban J connectivity index is 2.17. The highest BCUT2D eigenvalue weighted by Gasteiger charge is 2.17. The van der Waals surface area contributed by atoms with Crippen molar-refractivity contribution in [2.45, 2.75) is 52.4 Å². The smallest absolute Gasteiger partial charge is 0.220 e. The van der Waals surface area contributed by atoms with Crippen LogP contribution in [0.5, 0.6) is 0 Å². The maximum Gasteiger partial charge on any atom is 0.220 e. The Labute approximate surface area is 106 Å². The topological polar surface area (TPSA) is 55.1 Å². The van der Waals surface area contributed by atoms with Crippen LogP contribution in [0.25, 0.3) is 0 Å². The van der Waals surface area contributed by atoms with E-state index in [1.165, 1.54) is 25.7 Å². The minimum Gasteiger partial charge on any atom is -0.356 e. The number of nitrogens with one attached hydrogen (secondary N) is 1. The molecule has 3 N–H and O–H groups in total. The Bertz CT molecular complexity index is 222. The molecular weight excluding hydrogens is 212 g/mol. The molecule has 0 aromatic carbocycles. The van der Waals surface area contributed by atoms with Gasteiger partial charge < -0.3 is 11.1 Å². The zero-order valence-corrected chi connectivity index (χ0v) is 11.4. The summed E-state index contributed by atoms with van der Waals surface area (Å²) in [5.41, 5.74) is 5.71. The van der Waals surface area contributed by atoms with Crippen molar-refractivity contribution >= 4 is 5.91 Å². The molecule has 3 nitrogen and oxygen atoms in total. The van der Waals surface area contributed by atoms with Gasteiger partial charge in [0.05, 0.1) is 0 Å². The zero-order chi connectivity index (χ0) is 12.7. The van der Waals surface area contributed by atoms with Crippen LogP contribution in [-0.2, 0) is 4.79 Å². The summed E-state index contributed by atoms with van der Waals surface area (Å²) in [6.07, 6.45) is 6.88. The highest BCUT2D eigenvalue weighted by Crippen LogP contribution is 2.23. The predicted molar refractivity (Wildman–Crippen MR) is 71.6 cm³/mol. The molecule has 0 unspecified atom stereocenters. The van der Waals surface area contributed by atoms with E-state index >= 15 is 0 Å². The lowest BCUT2D eigenvalue weighted by atomic mass is 9.94. The third-order valence-corrected chi connectivity index (χ3v) is 3.67. The first-order valence-electron chi connectivity index (χ1n) is 7.08. The summed E-state index contributed by atoms with van der Waals surface area (Å²) in [7, 11) is 0. The molecule has 1 atom stereocenters. The van der Waals surface area contributed by atoms with Crippen LogP contribution >= 0.6 is 0 Å². The molecule has 0 aromatic heterocycles. The van der Waals surface area contributed by atoms with Gasteiger partial charge in [0, 0.05) is 13.0 Å². The number of rotatable bonds is 7. The lowest BCUT2D eigenvalue weighted by molar-refractivity contribution is -0.122. The average Bonchev–Trinajstić information content (AvgIpc) is 2.77. The second-order valence-electron chi connectivity index (χ2n) is 5.89. The van der Waals surface area contributed by atoms with Crippen LogP contribution in [0.2, 0.25) is 0 Å². The molecule has 0 aromatic rings. The van der Waals surface area contributed by atoms with Crippen molar-refractivity contribution in [3.05, 3.63) is 0 Å². The molecule has 0 aliphatic heterocycles. The fraction of sp³-hybridized carbons (Fsp3) is 0.929. The highest BCUT2D eigenvalue weighted by molar-refractivity contribution is 5.76. The van der Waals surface area contributed by atoms with Gasteiger partial charge in [-0.05, 0) is 43.6 Å². The number of hydrogen-bond acceptors (Lipinski definition) is 2. The van der Waals surface area contributed by atoms with Crippen molar-refractivity contribution in [2.24, 2.45) is 23.5 Å². The maximum atomic E-state index is 11.8. The minimum absolute atomic E-state index is 0.188. The van der Waals surface area contributed by atoms with Crippen LogP contribution in [0, 0.1) is 17.8 Å². The van der Waals surface area contributed by atoms with E-state index in [-0.39, 0.29) is 5.91 Å². The summed E-state index contributed by atoms with van der Waals surface area (Å²) in [6, 6.07) is 0. The van der Waals surface area contributed by atoms with Crippen LogP contribution in [0.4, 0.5) is 0 Å². The molecule has 0 radical (unpaired) electrons. The van der Waals surface area contributed by atoms with E-state index < -0.39 is 0 Å². The van der Waals surface area contributed by atoms with Gasteiger partial charge in [-0.2, -0.15) is 0 Å². The van der Waals surface area contributed by atoms with E-state index in [1.807, 2.05) is 0 Å². The Hall–Kier alpha value is -0.570. The molecule has 0 heterocycles. The molecule has 17 heavy (non-hydrogen) atoms. The van der Waals surface area contributed by atoms with E-state index in [4.69, 9.17) is 5.73 Å². The quantitative estimate of drug-likeness (QED) is 0.717. The number of carbonyl (C=O) groups is 1. The third-order valence-electron chi connectivity index (χ3n) is 3.67. The molecule has 1 rings (SSSR count). The SMILES string of the molecule is CC(C)C[C@H](CN)CC(=O)NCC1CCCC1. The van der Waals surface area contributed by atoms with E-state index in [0.717, 1.165) is 18.9 Å². The Morgan fingerprint density at radius 1 is 1.35 bits per heavy atom. The number of nitrogens with two attached hydrogens (primary N) is 1. The van der Waals surface area contributed by atoms with Crippen LogP contribution in [-0.4, -0.2) is 19.0 Å².